The third kappa shape index (κ3) is 5.93. The van der Waals surface area contributed by atoms with E-state index in [1.54, 1.807) is 25.3 Å². The highest BCUT2D eigenvalue weighted by Crippen LogP contribution is 2.26. The number of halogens is 2. The Hall–Kier alpha value is -1.71. The van der Waals surface area contributed by atoms with E-state index < -0.39 is 0 Å². The van der Waals surface area contributed by atoms with E-state index in [0.29, 0.717) is 28.8 Å². The molecule has 1 amide bonds. The molecule has 1 atom stereocenters. The third-order valence-corrected chi connectivity index (χ3v) is 4.93. The van der Waals surface area contributed by atoms with Crippen molar-refractivity contribution in [1.82, 2.24) is 5.32 Å². The van der Waals surface area contributed by atoms with Crippen LogP contribution in [-0.4, -0.2) is 13.0 Å². The molecule has 0 heterocycles. The second-order valence-corrected chi connectivity index (χ2v) is 7.54. The highest BCUT2D eigenvalue weighted by Gasteiger charge is 2.17. The summed E-state index contributed by atoms with van der Waals surface area (Å²) in [4.78, 5) is 12.5. The fraction of sp³-hybridized carbons (Fsp3) is 0.381. The number of amides is 1. The normalized spacial score (nSPS) is 12.1. The van der Waals surface area contributed by atoms with Gasteiger partial charge in [0.05, 0.1) is 13.2 Å². The average Bonchev–Trinajstić information content (AvgIpc) is 2.60. The van der Waals surface area contributed by atoms with E-state index in [1.807, 2.05) is 24.3 Å². The minimum atomic E-state index is -0.0323. The maximum Gasteiger partial charge on any atom is 0.220 e. The van der Waals surface area contributed by atoms with Gasteiger partial charge in [0.2, 0.25) is 5.91 Å². The van der Waals surface area contributed by atoms with Crippen LogP contribution in [0.1, 0.15) is 43.9 Å². The minimum absolute atomic E-state index is 0.0116. The van der Waals surface area contributed by atoms with Crippen molar-refractivity contribution in [3.63, 3.8) is 0 Å². The van der Waals surface area contributed by atoms with Gasteiger partial charge in [0.1, 0.15) is 5.75 Å². The summed E-state index contributed by atoms with van der Waals surface area (Å²) in [5, 5.41) is 4.34. The molecule has 2 rings (SSSR count). The van der Waals surface area contributed by atoms with Crippen LogP contribution in [0.2, 0.25) is 10.0 Å². The van der Waals surface area contributed by atoms with Crippen LogP contribution >= 0.6 is 23.2 Å². The number of benzene rings is 2. The number of nitrogens with one attached hydrogen (secondary N) is 1. The van der Waals surface area contributed by atoms with E-state index >= 15 is 0 Å². The highest BCUT2D eigenvalue weighted by atomic mass is 35.5. The van der Waals surface area contributed by atoms with Crippen LogP contribution in [0.4, 0.5) is 0 Å². The number of carbonyl (C=O) groups excluding carboxylic acids is 1. The van der Waals surface area contributed by atoms with Gasteiger partial charge in [-0.3, -0.25) is 4.79 Å². The van der Waals surface area contributed by atoms with Gasteiger partial charge in [-0.15, -0.1) is 0 Å². The first-order valence-electron chi connectivity index (χ1n) is 8.77. The number of hydrogen-bond acceptors (Lipinski definition) is 2. The summed E-state index contributed by atoms with van der Waals surface area (Å²) in [5.41, 5.74) is 1.89. The van der Waals surface area contributed by atoms with E-state index in [-0.39, 0.29) is 11.9 Å². The Morgan fingerprint density at radius 1 is 1.08 bits per heavy atom. The Kier molecular flexibility index (Phi) is 7.80. The summed E-state index contributed by atoms with van der Waals surface area (Å²) in [6.45, 7) is 4.29. The van der Waals surface area contributed by atoms with Gasteiger partial charge in [-0.25, -0.2) is 0 Å². The molecular formula is C21H25Cl2NO2. The largest absolute Gasteiger partial charge is 0.497 e. The van der Waals surface area contributed by atoms with Gasteiger partial charge in [-0.1, -0.05) is 55.2 Å². The zero-order valence-electron chi connectivity index (χ0n) is 15.4. The number of methoxy groups -OCH3 is 1. The third-order valence-electron chi connectivity index (χ3n) is 4.22. The maximum atomic E-state index is 12.5. The Labute approximate surface area is 165 Å². The molecular weight excluding hydrogens is 369 g/mol. The van der Waals surface area contributed by atoms with Gasteiger partial charge in [0.15, 0.2) is 0 Å². The molecule has 0 fully saturated rings. The molecule has 0 spiro atoms. The van der Waals surface area contributed by atoms with Crippen molar-refractivity contribution < 1.29 is 9.53 Å². The second kappa shape index (κ2) is 9.84. The van der Waals surface area contributed by atoms with E-state index in [1.165, 1.54) is 0 Å². The van der Waals surface area contributed by atoms with Crippen molar-refractivity contribution in [2.75, 3.05) is 7.11 Å². The van der Waals surface area contributed by atoms with Crippen molar-refractivity contribution in [1.29, 1.82) is 0 Å². The molecule has 140 valence electrons. The first-order valence-corrected chi connectivity index (χ1v) is 9.52. The Bertz CT molecular complexity index is 709. The molecule has 0 bridgehead atoms. The lowest BCUT2D eigenvalue weighted by atomic mass is 9.96. The molecule has 2 aromatic rings. The summed E-state index contributed by atoms with van der Waals surface area (Å²) >= 11 is 12.4. The smallest absolute Gasteiger partial charge is 0.220 e. The number of hydrogen-bond donors (Lipinski definition) is 1. The van der Waals surface area contributed by atoms with Gasteiger partial charge < -0.3 is 10.1 Å². The summed E-state index contributed by atoms with van der Waals surface area (Å²) < 4.78 is 5.21. The molecule has 1 N–H and O–H groups in total. The molecule has 2 aromatic carbocycles. The first kappa shape index (κ1) is 20.6. The number of rotatable bonds is 8. The van der Waals surface area contributed by atoms with Gasteiger partial charge >= 0.3 is 0 Å². The Balaban J connectivity index is 2.03. The summed E-state index contributed by atoms with van der Waals surface area (Å²) in [6, 6.07) is 13.2. The summed E-state index contributed by atoms with van der Waals surface area (Å²) in [5.74, 6) is 1.25. The van der Waals surface area contributed by atoms with Crippen molar-refractivity contribution in [2.24, 2.45) is 5.92 Å². The van der Waals surface area contributed by atoms with E-state index in [4.69, 9.17) is 27.9 Å². The van der Waals surface area contributed by atoms with Crippen LogP contribution < -0.4 is 10.1 Å². The average molecular weight is 394 g/mol. The Morgan fingerprint density at radius 3 is 2.23 bits per heavy atom. The fourth-order valence-electron chi connectivity index (χ4n) is 2.86. The number of carbonyl (C=O) groups is 1. The van der Waals surface area contributed by atoms with Gasteiger partial charge in [-0.05, 0) is 54.2 Å². The van der Waals surface area contributed by atoms with E-state index in [9.17, 15) is 4.79 Å². The van der Waals surface area contributed by atoms with Gasteiger partial charge in [0, 0.05) is 16.5 Å². The lowest BCUT2D eigenvalue weighted by Gasteiger charge is -2.21. The molecule has 0 aliphatic carbocycles. The molecule has 26 heavy (non-hydrogen) atoms. The quantitative estimate of drug-likeness (QED) is 0.611. The van der Waals surface area contributed by atoms with E-state index in [0.717, 1.165) is 23.3 Å². The van der Waals surface area contributed by atoms with Crippen LogP contribution in [0, 0.1) is 5.92 Å². The van der Waals surface area contributed by atoms with Crippen LogP contribution in [-0.2, 0) is 11.2 Å². The lowest BCUT2D eigenvalue weighted by molar-refractivity contribution is -0.121. The second-order valence-electron chi connectivity index (χ2n) is 6.72. The van der Waals surface area contributed by atoms with Crippen molar-refractivity contribution >= 4 is 29.1 Å². The molecule has 3 nitrogen and oxygen atoms in total. The molecule has 0 aromatic heterocycles. The summed E-state index contributed by atoms with van der Waals surface area (Å²) in [6.07, 6.45) is 1.72. The van der Waals surface area contributed by atoms with Crippen LogP contribution in [0.15, 0.2) is 42.5 Å². The molecule has 5 heteroatoms. The van der Waals surface area contributed by atoms with Crippen molar-refractivity contribution in [3.05, 3.63) is 63.6 Å². The van der Waals surface area contributed by atoms with Crippen LogP contribution in [0.25, 0.3) is 0 Å². The topological polar surface area (TPSA) is 38.3 Å². The molecule has 0 saturated carbocycles. The highest BCUT2D eigenvalue weighted by molar-refractivity contribution is 6.36. The minimum Gasteiger partial charge on any atom is -0.497 e. The fourth-order valence-corrected chi connectivity index (χ4v) is 3.45. The molecule has 0 aliphatic heterocycles. The van der Waals surface area contributed by atoms with Crippen molar-refractivity contribution in [3.8, 4) is 5.75 Å². The van der Waals surface area contributed by atoms with Crippen molar-refractivity contribution in [2.45, 2.75) is 39.2 Å². The molecule has 0 aliphatic rings. The zero-order chi connectivity index (χ0) is 19.1. The van der Waals surface area contributed by atoms with Crippen LogP contribution in [0.3, 0.4) is 0 Å². The van der Waals surface area contributed by atoms with E-state index in [2.05, 4.69) is 19.2 Å². The lowest BCUT2D eigenvalue weighted by Crippen LogP contribution is -2.29. The monoisotopic (exact) mass is 393 g/mol. The predicted molar refractivity (Wildman–Crippen MR) is 108 cm³/mol. The van der Waals surface area contributed by atoms with Crippen LogP contribution in [0.5, 0.6) is 5.75 Å². The van der Waals surface area contributed by atoms with Gasteiger partial charge in [0.25, 0.3) is 0 Å². The molecule has 0 saturated heterocycles. The Morgan fingerprint density at radius 2 is 1.69 bits per heavy atom. The predicted octanol–water partition coefficient (Wildman–Crippen LogP) is 5.84. The first-order chi connectivity index (χ1) is 12.4. The SMILES string of the molecule is COc1ccc([C@@H](CC(C)C)NC(=O)CCc2c(Cl)cccc2Cl)cc1. The molecule has 0 unspecified atom stereocenters. The standard InChI is InChI=1S/C21H25Cl2NO2/c1-14(2)13-20(15-7-9-16(26-3)10-8-15)24-21(25)12-11-17-18(22)5-4-6-19(17)23/h4-10,14,20H,11-13H2,1-3H3,(H,24,25)/t20-/m1/s1. The number of ether oxygens (including phenoxy) is 1. The molecule has 0 radical (unpaired) electrons. The zero-order valence-corrected chi connectivity index (χ0v) is 16.9. The van der Waals surface area contributed by atoms with Gasteiger partial charge in [-0.2, -0.15) is 0 Å². The summed E-state index contributed by atoms with van der Waals surface area (Å²) in [7, 11) is 1.64. The maximum absolute atomic E-state index is 12.5.